The van der Waals surface area contributed by atoms with Crippen LogP contribution in [0.25, 0.3) is 16.6 Å². The lowest BCUT2D eigenvalue weighted by Gasteiger charge is -2.15. The summed E-state index contributed by atoms with van der Waals surface area (Å²) >= 11 is 7.18. The average molecular weight is 374 g/mol. The highest BCUT2D eigenvalue weighted by molar-refractivity contribution is 8.00. The third-order valence-corrected chi connectivity index (χ3v) is 5.05. The van der Waals surface area contributed by atoms with Gasteiger partial charge in [-0.05, 0) is 49.7 Å². The van der Waals surface area contributed by atoms with Crippen LogP contribution in [0.15, 0.2) is 52.4 Å². The highest BCUT2D eigenvalue weighted by Crippen LogP contribution is 2.26. The molecule has 1 amide bonds. The van der Waals surface area contributed by atoms with Gasteiger partial charge in [0.05, 0.1) is 21.8 Å². The van der Waals surface area contributed by atoms with Crippen molar-refractivity contribution in [3.63, 3.8) is 0 Å². The van der Waals surface area contributed by atoms with E-state index in [2.05, 4.69) is 4.98 Å². The lowest BCUT2D eigenvalue weighted by Crippen LogP contribution is -2.26. The van der Waals surface area contributed by atoms with Crippen LogP contribution >= 0.6 is 23.4 Å². The fourth-order valence-electron chi connectivity index (χ4n) is 2.43. The monoisotopic (exact) mass is 373 g/mol. The van der Waals surface area contributed by atoms with Crippen LogP contribution in [-0.4, -0.2) is 20.7 Å². The number of primary amides is 1. The van der Waals surface area contributed by atoms with Crippen LogP contribution in [0.4, 0.5) is 0 Å². The molecule has 5 nitrogen and oxygen atoms in total. The van der Waals surface area contributed by atoms with Crippen molar-refractivity contribution in [2.45, 2.75) is 24.3 Å². The van der Waals surface area contributed by atoms with Crippen LogP contribution in [0.5, 0.6) is 0 Å². The summed E-state index contributed by atoms with van der Waals surface area (Å²) in [6.07, 6.45) is 0. The average Bonchev–Trinajstić information content (AvgIpc) is 2.54. The number of benzene rings is 2. The number of hydrogen-bond acceptors (Lipinski definition) is 4. The molecule has 3 rings (SSSR count). The minimum absolute atomic E-state index is 0.216. The number of halogens is 1. The van der Waals surface area contributed by atoms with Gasteiger partial charge in [-0.3, -0.25) is 14.2 Å². The number of rotatable bonds is 4. The Hall–Kier alpha value is -2.31. The van der Waals surface area contributed by atoms with E-state index in [1.54, 1.807) is 25.1 Å². The smallest absolute Gasteiger partial charge is 0.266 e. The number of nitrogens with two attached hydrogens (primary N) is 1. The zero-order valence-corrected chi connectivity index (χ0v) is 15.3. The summed E-state index contributed by atoms with van der Waals surface area (Å²) in [4.78, 5) is 29.1. The molecule has 0 radical (unpaired) electrons. The van der Waals surface area contributed by atoms with Crippen molar-refractivity contribution in [2.75, 3.05) is 0 Å². The molecule has 0 unspecified atom stereocenters. The van der Waals surface area contributed by atoms with Crippen LogP contribution in [-0.2, 0) is 4.79 Å². The van der Waals surface area contributed by atoms with Gasteiger partial charge in [0.1, 0.15) is 0 Å². The number of carbonyl (C=O) groups excluding carboxylic acids is 1. The molecule has 128 valence electrons. The van der Waals surface area contributed by atoms with Crippen molar-refractivity contribution in [1.29, 1.82) is 0 Å². The molecule has 2 N–H and O–H groups in total. The molecule has 0 saturated heterocycles. The molecule has 1 atom stereocenters. The maximum absolute atomic E-state index is 13.1. The first-order valence-corrected chi connectivity index (χ1v) is 8.88. The Balaban J connectivity index is 2.31. The number of fused-ring (bicyclic) bond motifs is 1. The minimum atomic E-state index is -0.528. The van der Waals surface area contributed by atoms with Crippen LogP contribution in [0, 0.1) is 6.92 Å². The van der Waals surface area contributed by atoms with E-state index in [9.17, 15) is 9.59 Å². The van der Waals surface area contributed by atoms with E-state index >= 15 is 0 Å². The van der Waals surface area contributed by atoms with Crippen molar-refractivity contribution in [3.8, 4) is 5.69 Å². The Morgan fingerprint density at radius 2 is 2.04 bits per heavy atom. The van der Waals surface area contributed by atoms with Gasteiger partial charge in [0.15, 0.2) is 5.16 Å². The van der Waals surface area contributed by atoms with Crippen LogP contribution in [0.1, 0.15) is 12.5 Å². The van der Waals surface area contributed by atoms with Crippen molar-refractivity contribution in [1.82, 2.24) is 9.55 Å². The van der Waals surface area contributed by atoms with Crippen molar-refractivity contribution in [3.05, 3.63) is 63.4 Å². The molecule has 0 bridgehead atoms. The number of amides is 1. The molecule has 7 heteroatoms. The molecular weight excluding hydrogens is 358 g/mol. The largest absolute Gasteiger partial charge is 0.369 e. The molecule has 1 heterocycles. The van der Waals surface area contributed by atoms with Crippen LogP contribution in [0.2, 0.25) is 5.02 Å². The molecule has 0 aliphatic heterocycles. The molecule has 0 saturated carbocycles. The van der Waals surface area contributed by atoms with Gasteiger partial charge >= 0.3 is 0 Å². The molecule has 3 aromatic rings. The van der Waals surface area contributed by atoms with Crippen molar-refractivity contribution >= 4 is 40.2 Å². The van der Waals surface area contributed by atoms with E-state index in [-0.39, 0.29) is 5.56 Å². The first-order valence-electron chi connectivity index (χ1n) is 7.62. The molecule has 0 fully saturated rings. The summed E-state index contributed by atoms with van der Waals surface area (Å²) in [5.41, 5.74) is 7.35. The zero-order valence-electron chi connectivity index (χ0n) is 13.7. The number of aromatic nitrogens is 2. The molecular formula is C18H16ClN3O2S. The van der Waals surface area contributed by atoms with E-state index in [4.69, 9.17) is 17.3 Å². The number of carbonyl (C=O) groups is 1. The zero-order chi connectivity index (χ0) is 18.1. The predicted octanol–water partition coefficient (Wildman–Crippen LogP) is 3.31. The Labute approximate surface area is 153 Å². The number of thioether (sulfide) groups is 1. The molecule has 0 aliphatic rings. The van der Waals surface area contributed by atoms with E-state index in [1.807, 2.05) is 31.2 Å². The van der Waals surface area contributed by atoms with Crippen molar-refractivity contribution in [2.24, 2.45) is 5.73 Å². The maximum Gasteiger partial charge on any atom is 0.266 e. The normalized spacial score (nSPS) is 12.3. The lowest BCUT2D eigenvalue weighted by molar-refractivity contribution is -0.117. The molecule has 0 spiro atoms. The number of aryl methyl sites for hydroxylation is 1. The number of hydrogen-bond donors (Lipinski definition) is 1. The number of nitrogens with zero attached hydrogens (tertiary/aromatic N) is 2. The summed E-state index contributed by atoms with van der Waals surface area (Å²) in [5.74, 6) is -0.471. The quantitative estimate of drug-likeness (QED) is 0.562. The second-order valence-corrected chi connectivity index (χ2v) is 7.44. The first-order chi connectivity index (χ1) is 11.9. The summed E-state index contributed by atoms with van der Waals surface area (Å²) in [6.45, 7) is 3.63. The Morgan fingerprint density at radius 1 is 1.28 bits per heavy atom. The van der Waals surface area contributed by atoms with Gasteiger partial charge in [-0.1, -0.05) is 35.5 Å². The summed E-state index contributed by atoms with van der Waals surface area (Å²) < 4.78 is 1.51. The van der Waals surface area contributed by atoms with Gasteiger partial charge in [-0.25, -0.2) is 4.98 Å². The summed E-state index contributed by atoms with van der Waals surface area (Å²) in [7, 11) is 0. The second kappa shape index (κ2) is 6.90. The van der Waals surface area contributed by atoms with Gasteiger partial charge in [0.25, 0.3) is 5.56 Å². The first kappa shape index (κ1) is 17.5. The SMILES string of the molecule is Cc1cccc(-n2c(S[C@H](C)C(N)=O)nc3cc(Cl)ccc3c2=O)c1. The standard InChI is InChI=1S/C18H16ClN3O2S/c1-10-4-3-5-13(8-10)22-17(24)14-7-6-12(19)9-15(14)21-18(22)25-11(2)16(20)23/h3-9,11H,1-2H3,(H2,20,23)/t11-/m1/s1. The van der Waals surface area contributed by atoms with E-state index < -0.39 is 11.2 Å². The fraction of sp³-hybridized carbons (Fsp3) is 0.167. The van der Waals surface area contributed by atoms with E-state index in [0.29, 0.717) is 26.8 Å². The molecule has 25 heavy (non-hydrogen) atoms. The Kier molecular flexibility index (Phi) is 4.83. The van der Waals surface area contributed by atoms with Gasteiger partial charge in [-0.2, -0.15) is 0 Å². The summed E-state index contributed by atoms with van der Waals surface area (Å²) in [6, 6.07) is 12.5. The van der Waals surface area contributed by atoms with Gasteiger partial charge in [0.2, 0.25) is 5.91 Å². The predicted molar refractivity (Wildman–Crippen MR) is 102 cm³/mol. The van der Waals surface area contributed by atoms with E-state index in [0.717, 1.165) is 17.3 Å². The summed E-state index contributed by atoms with van der Waals surface area (Å²) in [5, 5.41) is 0.824. The Morgan fingerprint density at radius 3 is 2.72 bits per heavy atom. The van der Waals surface area contributed by atoms with Gasteiger partial charge < -0.3 is 5.73 Å². The minimum Gasteiger partial charge on any atom is -0.369 e. The van der Waals surface area contributed by atoms with Crippen LogP contribution < -0.4 is 11.3 Å². The maximum atomic E-state index is 13.1. The third-order valence-electron chi connectivity index (χ3n) is 3.74. The lowest BCUT2D eigenvalue weighted by atomic mass is 10.2. The highest BCUT2D eigenvalue weighted by Gasteiger charge is 2.18. The molecule has 0 aliphatic carbocycles. The topological polar surface area (TPSA) is 78.0 Å². The van der Waals surface area contributed by atoms with E-state index in [1.165, 1.54) is 4.57 Å². The van der Waals surface area contributed by atoms with Crippen LogP contribution in [0.3, 0.4) is 0 Å². The second-order valence-electron chi connectivity index (χ2n) is 5.70. The molecule has 1 aromatic heterocycles. The van der Waals surface area contributed by atoms with Crippen molar-refractivity contribution < 1.29 is 4.79 Å². The third kappa shape index (κ3) is 3.55. The Bertz CT molecular complexity index is 1030. The van der Waals surface area contributed by atoms with Gasteiger partial charge in [-0.15, -0.1) is 0 Å². The fourth-order valence-corrected chi connectivity index (χ4v) is 3.47. The van der Waals surface area contributed by atoms with Gasteiger partial charge in [0, 0.05) is 5.02 Å². The molecule has 2 aromatic carbocycles. The highest BCUT2D eigenvalue weighted by atomic mass is 35.5.